The van der Waals surface area contributed by atoms with Gasteiger partial charge in [-0.1, -0.05) is 259 Å². The van der Waals surface area contributed by atoms with Crippen LogP contribution in [0.3, 0.4) is 0 Å². The number of esters is 1. The van der Waals surface area contributed by atoms with E-state index in [1.807, 2.05) is 33.3 Å². The Morgan fingerprint density at radius 1 is 0.427 bits per heavy atom. The summed E-state index contributed by atoms with van der Waals surface area (Å²) in [5.41, 5.74) is 0. The normalized spacial score (nSPS) is 14.3. The second-order valence-electron chi connectivity index (χ2n) is 23.6. The zero-order chi connectivity index (χ0) is 60.0. The van der Waals surface area contributed by atoms with Crippen molar-refractivity contribution in [2.75, 3.05) is 40.9 Å². The molecule has 0 heterocycles. The lowest BCUT2D eigenvalue weighted by Crippen LogP contribution is -2.47. The van der Waals surface area contributed by atoms with Gasteiger partial charge in [-0.2, -0.15) is 0 Å². The Morgan fingerprint density at radius 3 is 1.15 bits per heavy atom. The van der Waals surface area contributed by atoms with E-state index < -0.39 is 26.6 Å². The van der Waals surface area contributed by atoms with Crippen LogP contribution in [0.2, 0.25) is 0 Å². The SMILES string of the molecule is CCCCC/C=C\C/C=C\C/C=C\C/C=C\CCCCCCCCCCCC(=O)OC(/C=C\CCCCCCCCCCCC)C(COP(=O)([O-])OCC[N+](C)(C)C)NC(=O)CCCCC/C=C\C/C=C\C/C=C\C/C=C\CCCCC. The van der Waals surface area contributed by atoms with Crippen molar-refractivity contribution in [3.8, 4) is 0 Å². The Kier molecular flexibility index (Phi) is 58.3. The molecule has 0 aromatic heterocycles. The van der Waals surface area contributed by atoms with E-state index >= 15 is 0 Å². The van der Waals surface area contributed by atoms with Crippen molar-refractivity contribution in [1.29, 1.82) is 0 Å². The highest BCUT2D eigenvalue weighted by Crippen LogP contribution is 2.38. The molecule has 0 aliphatic heterocycles. The lowest BCUT2D eigenvalue weighted by atomic mass is 10.0. The van der Waals surface area contributed by atoms with Crippen LogP contribution in [0.5, 0.6) is 0 Å². The number of rotatable bonds is 60. The molecule has 0 bridgehead atoms. The third-order valence-electron chi connectivity index (χ3n) is 14.4. The number of nitrogens with zero attached hydrogens (tertiary/aromatic N) is 1. The summed E-state index contributed by atoms with van der Waals surface area (Å²) in [4.78, 5) is 40.1. The first-order valence-electron chi connectivity index (χ1n) is 33.7. The van der Waals surface area contributed by atoms with Crippen molar-refractivity contribution in [2.24, 2.45) is 0 Å². The number of likely N-dealkylation sites (N-methyl/N-ethyl adjacent to an activating group) is 1. The molecule has 472 valence electrons. The molecule has 3 atom stereocenters. The van der Waals surface area contributed by atoms with Gasteiger partial charge in [0.2, 0.25) is 5.91 Å². The van der Waals surface area contributed by atoms with Crippen LogP contribution >= 0.6 is 7.82 Å². The highest BCUT2D eigenvalue weighted by atomic mass is 31.2. The molecule has 0 aliphatic rings. The Morgan fingerprint density at radius 2 is 0.744 bits per heavy atom. The highest BCUT2D eigenvalue weighted by molar-refractivity contribution is 7.45. The third-order valence-corrected chi connectivity index (χ3v) is 15.4. The van der Waals surface area contributed by atoms with Gasteiger partial charge in [0.25, 0.3) is 7.82 Å². The van der Waals surface area contributed by atoms with Gasteiger partial charge in [0, 0.05) is 12.8 Å². The minimum absolute atomic E-state index is 0.0349. The molecule has 82 heavy (non-hydrogen) atoms. The number of quaternary nitrogens is 1. The van der Waals surface area contributed by atoms with E-state index in [0.29, 0.717) is 23.9 Å². The Bertz CT molecular complexity index is 1770. The van der Waals surface area contributed by atoms with Gasteiger partial charge >= 0.3 is 5.97 Å². The molecular weight excluding hydrogens is 1040 g/mol. The van der Waals surface area contributed by atoms with Crippen molar-refractivity contribution < 1.29 is 37.3 Å². The van der Waals surface area contributed by atoms with Crippen LogP contribution in [-0.2, 0) is 27.9 Å². The number of hydrogen-bond acceptors (Lipinski definition) is 7. The number of phosphoric acid groups is 1. The van der Waals surface area contributed by atoms with E-state index in [4.69, 9.17) is 13.8 Å². The molecule has 0 aromatic carbocycles. The highest BCUT2D eigenvalue weighted by Gasteiger charge is 2.27. The van der Waals surface area contributed by atoms with Crippen molar-refractivity contribution in [1.82, 2.24) is 5.32 Å². The van der Waals surface area contributed by atoms with Gasteiger partial charge in [-0.05, 0) is 122 Å². The largest absolute Gasteiger partial charge is 0.756 e. The van der Waals surface area contributed by atoms with Crippen LogP contribution in [0.25, 0.3) is 0 Å². The summed E-state index contributed by atoms with van der Waals surface area (Å²) >= 11 is 0. The van der Waals surface area contributed by atoms with E-state index in [0.717, 1.165) is 103 Å². The molecule has 10 heteroatoms. The molecule has 0 saturated heterocycles. The zero-order valence-electron chi connectivity index (χ0n) is 53.9. The van der Waals surface area contributed by atoms with E-state index in [-0.39, 0.29) is 31.3 Å². The first-order valence-corrected chi connectivity index (χ1v) is 35.2. The summed E-state index contributed by atoms with van der Waals surface area (Å²) in [5, 5.41) is 3.01. The average Bonchev–Trinajstić information content (AvgIpc) is 3.44. The Balaban J connectivity index is 5.21. The first kappa shape index (κ1) is 78.7. The lowest BCUT2D eigenvalue weighted by Gasteiger charge is -2.30. The molecule has 0 spiro atoms. The number of unbranched alkanes of at least 4 members (excludes halogenated alkanes) is 28. The molecule has 9 nitrogen and oxygen atoms in total. The fourth-order valence-corrected chi connectivity index (χ4v) is 9.92. The summed E-state index contributed by atoms with van der Waals surface area (Å²) in [5.74, 6) is -0.586. The Labute approximate surface area is 506 Å². The number of nitrogens with one attached hydrogen (secondary N) is 1. The maximum absolute atomic E-state index is 13.6. The maximum atomic E-state index is 13.6. The molecular formula is C72H127N2O7P. The maximum Gasteiger partial charge on any atom is 0.306 e. The molecule has 0 aromatic rings. The second kappa shape index (κ2) is 60.8. The average molecular weight is 1160 g/mol. The van der Waals surface area contributed by atoms with E-state index in [9.17, 15) is 19.0 Å². The van der Waals surface area contributed by atoms with Crippen LogP contribution < -0.4 is 10.2 Å². The fraction of sp³-hybridized carbons (Fsp3) is 0.722. The minimum Gasteiger partial charge on any atom is -0.756 e. The van der Waals surface area contributed by atoms with E-state index in [1.165, 1.54) is 135 Å². The summed E-state index contributed by atoms with van der Waals surface area (Å²) in [6.07, 6.45) is 83.4. The summed E-state index contributed by atoms with van der Waals surface area (Å²) in [6.45, 7) is 6.76. The monoisotopic (exact) mass is 1160 g/mol. The smallest absolute Gasteiger partial charge is 0.306 e. The zero-order valence-corrected chi connectivity index (χ0v) is 54.8. The van der Waals surface area contributed by atoms with Crippen LogP contribution in [0.15, 0.2) is 109 Å². The quantitative estimate of drug-likeness (QED) is 0.0212. The lowest BCUT2D eigenvalue weighted by molar-refractivity contribution is -0.870. The number of ether oxygens (including phenoxy) is 1. The van der Waals surface area contributed by atoms with Gasteiger partial charge < -0.3 is 28.5 Å². The molecule has 0 rings (SSSR count). The number of carbonyl (C=O) groups excluding carboxylic acids is 2. The minimum atomic E-state index is -4.72. The first-order chi connectivity index (χ1) is 39.9. The molecule has 1 N–H and O–H groups in total. The predicted molar refractivity (Wildman–Crippen MR) is 353 cm³/mol. The molecule has 1 amide bonds. The number of allylic oxidation sites excluding steroid dienone is 17. The summed E-state index contributed by atoms with van der Waals surface area (Å²) in [6, 6.07) is -0.915. The third kappa shape index (κ3) is 61.2. The number of amides is 1. The molecule has 3 unspecified atom stereocenters. The molecule has 0 aliphatic carbocycles. The standard InChI is InChI=1S/C72H127N2O7P/c1-7-10-13-16-19-22-25-28-30-32-34-35-36-37-38-39-41-43-45-47-50-53-56-59-62-65-72(76)81-70(63-60-57-54-51-48-27-24-21-18-15-12-9-3)69(68-80-82(77,78)79-67-66-74(4,5)6)73-71(75)64-61-58-55-52-49-46-44-42-40-33-31-29-26-23-20-17-14-11-8-2/h19-20,22-23,28-31,34-35,37-38,40,42,46,49,60,63,69-70H,7-18,21,24-27,32-33,36,39,41,43-45,47-48,50-59,61-62,64-68H2,1-6H3,(H-,73,75,77,78)/b22-19-,23-20-,30-28-,31-29-,35-34-,38-37-,42-40-,49-46-,63-60-. The number of phosphoric ester groups is 1. The predicted octanol–water partition coefficient (Wildman–Crippen LogP) is 20.7. The van der Waals surface area contributed by atoms with E-state index in [2.05, 4.69) is 123 Å². The van der Waals surface area contributed by atoms with Crippen molar-refractivity contribution in [3.63, 3.8) is 0 Å². The number of hydrogen-bond donors (Lipinski definition) is 1. The Hall–Kier alpha value is -3.33. The van der Waals surface area contributed by atoms with Gasteiger partial charge in [0.05, 0.1) is 33.8 Å². The van der Waals surface area contributed by atoms with Gasteiger partial charge in [-0.3, -0.25) is 14.2 Å². The van der Waals surface area contributed by atoms with Gasteiger partial charge in [0.15, 0.2) is 0 Å². The van der Waals surface area contributed by atoms with Gasteiger partial charge in [0.1, 0.15) is 19.3 Å². The molecule has 0 radical (unpaired) electrons. The summed E-state index contributed by atoms with van der Waals surface area (Å²) in [7, 11) is 1.15. The van der Waals surface area contributed by atoms with Crippen molar-refractivity contribution in [3.05, 3.63) is 109 Å². The van der Waals surface area contributed by atoms with Gasteiger partial charge in [-0.15, -0.1) is 0 Å². The van der Waals surface area contributed by atoms with E-state index in [1.54, 1.807) is 0 Å². The molecule has 0 fully saturated rings. The van der Waals surface area contributed by atoms with Crippen molar-refractivity contribution >= 4 is 19.7 Å². The van der Waals surface area contributed by atoms with Crippen LogP contribution in [0.1, 0.15) is 284 Å². The van der Waals surface area contributed by atoms with Crippen molar-refractivity contribution in [2.45, 2.75) is 296 Å². The molecule has 0 saturated carbocycles. The van der Waals surface area contributed by atoms with Gasteiger partial charge in [-0.25, -0.2) is 0 Å². The summed E-state index contributed by atoms with van der Waals surface area (Å²) < 4.78 is 30.4. The number of carbonyl (C=O) groups is 2. The van der Waals surface area contributed by atoms with Crippen LogP contribution in [0.4, 0.5) is 0 Å². The van der Waals surface area contributed by atoms with Crippen LogP contribution in [-0.4, -0.2) is 69.4 Å². The van der Waals surface area contributed by atoms with Crippen LogP contribution in [0, 0.1) is 0 Å². The topological polar surface area (TPSA) is 114 Å². The fourth-order valence-electron chi connectivity index (χ4n) is 9.19. The second-order valence-corrected chi connectivity index (χ2v) is 25.0.